The molecule has 4 aromatic rings. The van der Waals surface area contributed by atoms with Crippen LogP contribution in [0.4, 0.5) is 0 Å². The number of hydrogen-bond acceptors (Lipinski definition) is 7. The first kappa shape index (κ1) is 17.7. The summed E-state index contributed by atoms with van der Waals surface area (Å²) < 4.78 is 0.353. The average Bonchev–Trinajstić information content (AvgIpc) is 3.14. The molecule has 3 N–H and O–H groups in total. The summed E-state index contributed by atoms with van der Waals surface area (Å²) >= 11 is 1.05. The van der Waals surface area contributed by atoms with Gasteiger partial charge in [0.15, 0.2) is 5.82 Å². The largest absolute Gasteiger partial charge is 0.344 e. The highest BCUT2D eigenvalue weighted by molar-refractivity contribution is 7.20. The predicted octanol–water partition coefficient (Wildman–Crippen LogP) is 1.37. The third-order valence-corrected chi connectivity index (χ3v) is 5.08. The first-order chi connectivity index (χ1) is 13.5. The Bertz CT molecular complexity index is 1290. The van der Waals surface area contributed by atoms with Crippen molar-refractivity contribution in [3.8, 4) is 11.5 Å². The molecule has 4 aromatic heterocycles. The quantitative estimate of drug-likeness (QED) is 0.479. The van der Waals surface area contributed by atoms with Gasteiger partial charge in [-0.05, 0) is 25.1 Å². The van der Waals surface area contributed by atoms with Crippen molar-refractivity contribution in [2.24, 2.45) is 0 Å². The van der Waals surface area contributed by atoms with Gasteiger partial charge in [-0.15, -0.1) is 11.3 Å². The van der Waals surface area contributed by atoms with E-state index in [0.717, 1.165) is 11.3 Å². The number of H-pyrrole nitrogens is 2. The maximum atomic E-state index is 12.4. The highest BCUT2D eigenvalue weighted by Gasteiger charge is 2.15. The Kier molecular flexibility index (Phi) is 4.53. The number of carbonyl (C=O) groups excluding carboxylic acids is 1. The highest BCUT2D eigenvalue weighted by atomic mass is 32.1. The third kappa shape index (κ3) is 3.45. The van der Waals surface area contributed by atoms with Crippen LogP contribution >= 0.6 is 11.3 Å². The van der Waals surface area contributed by atoms with Crippen LogP contribution in [0.3, 0.4) is 0 Å². The minimum Gasteiger partial charge on any atom is -0.344 e. The molecule has 0 spiro atoms. The van der Waals surface area contributed by atoms with Gasteiger partial charge in [-0.25, -0.2) is 9.97 Å². The highest BCUT2D eigenvalue weighted by Crippen LogP contribution is 2.22. The van der Waals surface area contributed by atoms with Crippen molar-refractivity contribution < 1.29 is 4.79 Å². The zero-order valence-electron chi connectivity index (χ0n) is 14.6. The zero-order chi connectivity index (χ0) is 19.7. The van der Waals surface area contributed by atoms with E-state index in [-0.39, 0.29) is 23.6 Å². The van der Waals surface area contributed by atoms with Gasteiger partial charge in [0.2, 0.25) is 0 Å². The van der Waals surface area contributed by atoms with E-state index in [1.54, 1.807) is 37.4 Å². The number of thiophene rings is 1. The molecule has 0 aliphatic carbocycles. The number of nitrogens with zero attached hydrogens (tertiary/aromatic N) is 3. The van der Waals surface area contributed by atoms with E-state index in [9.17, 15) is 14.4 Å². The molecule has 4 heterocycles. The van der Waals surface area contributed by atoms with Crippen molar-refractivity contribution in [2.75, 3.05) is 0 Å². The van der Waals surface area contributed by atoms with Crippen molar-refractivity contribution in [3.63, 3.8) is 0 Å². The van der Waals surface area contributed by atoms with E-state index >= 15 is 0 Å². The Morgan fingerprint density at radius 2 is 2.04 bits per heavy atom. The number of amides is 1. The number of nitrogens with one attached hydrogen (secondary N) is 3. The first-order valence-corrected chi connectivity index (χ1v) is 9.11. The topological polar surface area (TPSA) is 133 Å². The van der Waals surface area contributed by atoms with Crippen LogP contribution in [0.2, 0.25) is 0 Å². The number of pyridine rings is 1. The molecule has 0 atom stereocenters. The van der Waals surface area contributed by atoms with Gasteiger partial charge in [0, 0.05) is 18.0 Å². The Hall–Kier alpha value is -3.66. The molecule has 0 radical (unpaired) electrons. The van der Waals surface area contributed by atoms with Crippen molar-refractivity contribution in [3.05, 3.63) is 73.6 Å². The minimum atomic E-state index is -0.384. The summed E-state index contributed by atoms with van der Waals surface area (Å²) in [6.07, 6.45) is 3.05. The smallest absolute Gasteiger partial charge is 0.269 e. The molecule has 0 aromatic carbocycles. The summed E-state index contributed by atoms with van der Waals surface area (Å²) in [5, 5.41) is 2.68. The van der Waals surface area contributed by atoms with Crippen LogP contribution in [-0.4, -0.2) is 30.8 Å². The summed E-state index contributed by atoms with van der Waals surface area (Å²) in [4.78, 5) is 54.6. The van der Waals surface area contributed by atoms with Crippen LogP contribution in [0.1, 0.15) is 21.1 Å². The molecule has 0 saturated carbocycles. The molecule has 0 aliphatic rings. The molecular formula is C18H14N6O3S. The maximum absolute atomic E-state index is 12.4. The van der Waals surface area contributed by atoms with E-state index in [2.05, 4.69) is 30.2 Å². The Labute approximate surface area is 161 Å². The number of aryl methyl sites for hydroxylation is 1. The summed E-state index contributed by atoms with van der Waals surface area (Å²) in [6.45, 7) is 1.71. The van der Waals surface area contributed by atoms with Gasteiger partial charge in [-0.2, -0.15) is 0 Å². The van der Waals surface area contributed by atoms with E-state index in [0.29, 0.717) is 38.0 Å². The lowest BCUT2D eigenvalue weighted by atomic mass is 10.3. The number of aromatic amines is 2. The lowest BCUT2D eigenvalue weighted by Crippen LogP contribution is -2.25. The van der Waals surface area contributed by atoms with Crippen molar-refractivity contribution in [2.45, 2.75) is 13.5 Å². The van der Waals surface area contributed by atoms with Crippen LogP contribution in [-0.2, 0) is 6.54 Å². The van der Waals surface area contributed by atoms with Crippen molar-refractivity contribution in [1.82, 2.24) is 30.2 Å². The van der Waals surface area contributed by atoms with Gasteiger partial charge < -0.3 is 15.3 Å². The predicted molar refractivity (Wildman–Crippen MR) is 104 cm³/mol. The van der Waals surface area contributed by atoms with Gasteiger partial charge in [-0.1, -0.05) is 6.07 Å². The monoisotopic (exact) mass is 394 g/mol. The van der Waals surface area contributed by atoms with E-state index in [4.69, 9.17) is 0 Å². The fourth-order valence-electron chi connectivity index (χ4n) is 2.51. The third-order valence-electron chi connectivity index (χ3n) is 3.96. The molecule has 0 saturated heterocycles. The summed E-state index contributed by atoms with van der Waals surface area (Å²) in [7, 11) is 0. The van der Waals surface area contributed by atoms with Crippen LogP contribution in [0, 0.1) is 6.92 Å². The molecule has 0 unspecified atom stereocenters. The van der Waals surface area contributed by atoms with Gasteiger partial charge in [0.25, 0.3) is 17.0 Å². The molecular weight excluding hydrogens is 380 g/mol. The van der Waals surface area contributed by atoms with E-state index in [1.807, 2.05) is 0 Å². The lowest BCUT2D eigenvalue weighted by molar-refractivity contribution is 0.0954. The Morgan fingerprint density at radius 1 is 1.18 bits per heavy atom. The van der Waals surface area contributed by atoms with Gasteiger partial charge in [0.1, 0.15) is 16.2 Å². The fraction of sp³-hybridized carbons (Fsp3) is 0.111. The summed E-state index contributed by atoms with van der Waals surface area (Å²) in [5.41, 5.74) is 0.862. The summed E-state index contributed by atoms with van der Waals surface area (Å²) in [6, 6.07) is 6.85. The first-order valence-electron chi connectivity index (χ1n) is 8.29. The minimum absolute atomic E-state index is 0.0611. The average molecular weight is 394 g/mol. The molecule has 1 amide bonds. The number of hydrogen-bond donors (Lipinski definition) is 3. The maximum Gasteiger partial charge on any atom is 0.269 e. The second-order valence-corrected chi connectivity index (χ2v) is 7.03. The second-order valence-electron chi connectivity index (χ2n) is 5.98. The molecule has 9 nitrogen and oxygen atoms in total. The van der Waals surface area contributed by atoms with Crippen LogP contribution in [0.5, 0.6) is 0 Å². The van der Waals surface area contributed by atoms with Crippen molar-refractivity contribution >= 4 is 27.5 Å². The SMILES string of the molecule is Cc1cnc(CNC(=O)c2cc3nc(-c4ccccn4)[nH]c(=O)c3s2)[nH]c1=O. The molecule has 0 fully saturated rings. The van der Waals surface area contributed by atoms with Crippen LogP contribution < -0.4 is 16.4 Å². The zero-order valence-corrected chi connectivity index (χ0v) is 15.5. The summed E-state index contributed by atoms with van der Waals surface area (Å²) in [5.74, 6) is 0.299. The lowest BCUT2D eigenvalue weighted by Gasteiger charge is -2.03. The number of fused-ring (bicyclic) bond motifs is 1. The number of carbonyl (C=O) groups is 1. The van der Waals surface area contributed by atoms with E-state index < -0.39 is 0 Å². The van der Waals surface area contributed by atoms with Gasteiger partial charge >= 0.3 is 0 Å². The molecule has 4 rings (SSSR count). The molecule has 28 heavy (non-hydrogen) atoms. The molecule has 0 bridgehead atoms. The Morgan fingerprint density at radius 3 is 2.79 bits per heavy atom. The second kappa shape index (κ2) is 7.16. The Balaban J connectivity index is 1.59. The molecule has 140 valence electrons. The number of rotatable bonds is 4. The van der Waals surface area contributed by atoms with Gasteiger partial charge in [0.05, 0.1) is 16.9 Å². The van der Waals surface area contributed by atoms with Crippen molar-refractivity contribution in [1.29, 1.82) is 0 Å². The fourth-order valence-corrected chi connectivity index (χ4v) is 3.42. The van der Waals surface area contributed by atoms with E-state index in [1.165, 1.54) is 6.20 Å². The molecule has 0 aliphatic heterocycles. The van der Waals surface area contributed by atoms with Crippen LogP contribution in [0.25, 0.3) is 21.7 Å². The number of aromatic nitrogens is 5. The van der Waals surface area contributed by atoms with Gasteiger partial charge in [-0.3, -0.25) is 19.4 Å². The van der Waals surface area contributed by atoms with Crippen LogP contribution in [0.15, 0.2) is 46.2 Å². The molecule has 10 heteroatoms. The normalized spacial score (nSPS) is 10.9. The standard InChI is InChI=1S/C18H14N6O3S/c1-9-7-20-13(23-16(9)25)8-21-17(26)12-6-11-14(28-12)18(27)24-15(22-11)10-4-2-3-5-19-10/h2-7H,8H2,1H3,(H,21,26)(H,20,23,25)(H,22,24,27).